The van der Waals surface area contributed by atoms with Crippen molar-refractivity contribution in [3.8, 4) is 0 Å². The van der Waals surface area contributed by atoms with E-state index in [4.69, 9.17) is 11.6 Å². The van der Waals surface area contributed by atoms with E-state index in [0.717, 1.165) is 0 Å². The van der Waals surface area contributed by atoms with Crippen molar-refractivity contribution in [3.05, 3.63) is 29.3 Å². The van der Waals surface area contributed by atoms with Crippen LogP contribution in [0.15, 0.2) is 34.3 Å². The van der Waals surface area contributed by atoms with Gasteiger partial charge < -0.3 is 0 Å². The van der Waals surface area contributed by atoms with Crippen LogP contribution < -0.4 is 0 Å². The second-order valence-electron chi connectivity index (χ2n) is 2.50. The number of nitrogens with zero attached hydrogens (tertiary/aromatic N) is 2. The summed E-state index contributed by atoms with van der Waals surface area (Å²) >= 11 is 5.68. The highest BCUT2D eigenvalue weighted by Gasteiger charge is 2.19. The normalized spacial score (nSPS) is 12.2. The van der Waals surface area contributed by atoms with Crippen LogP contribution in [0.4, 0.5) is 5.69 Å². The van der Waals surface area contributed by atoms with Gasteiger partial charge in [0.1, 0.15) is 0 Å². The lowest BCUT2D eigenvalue weighted by molar-refractivity contribution is 0.275. The van der Waals surface area contributed by atoms with Crippen molar-refractivity contribution < 1.29 is 13.6 Å². The summed E-state index contributed by atoms with van der Waals surface area (Å²) in [6.07, 6.45) is 0. The van der Waals surface area contributed by atoms with Crippen LogP contribution in [0.25, 0.3) is 0 Å². The first-order chi connectivity index (χ1) is 7.09. The quantitative estimate of drug-likeness (QED) is 0.601. The minimum atomic E-state index is -3.43. The lowest BCUT2D eigenvalue weighted by Gasteiger charge is -2.04. The highest BCUT2D eigenvalue weighted by molar-refractivity contribution is 7.52. The lowest BCUT2D eigenvalue weighted by atomic mass is 10.3. The second-order valence-corrected chi connectivity index (χ2v) is 4.78. The van der Waals surface area contributed by atoms with Gasteiger partial charge in [0.2, 0.25) is 0 Å². The van der Waals surface area contributed by atoms with Gasteiger partial charge in [-0.2, -0.15) is 0 Å². The van der Waals surface area contributed by atoms with E-state index in [9.17, 15) is 4.57 Å². The first-order valence-corrected chi connectivity index (χ1v) is 5.87. The van der Waals surface area contributed by atoms with Gasteiger partial charge in [-0.3, -0.25) is 9.05 Å². The van der Waals surface area contributed by atoms with Gasteiger partial charge in [0.15, 0.2) is 0 Å². The van der Waals surface area contributed by atoms with Crippen LogP contribution in [-0.4, -0.2) is 14.2 Å². The smallest absolute Gasteiger partial charge is 0.293 e. The monoisotopic (exact) mass is 248 g/mol. The Labute approximate surface area is 92.7 Å². The summed E-state index contributed by atoms with van der Waals surface area (Å²) in [5.74, 6) is 0. The predicted octanol–water partition coefficient (Wildman–Crippen LogP) is 3.82. The first-order valence-electron chi connectivity index (χ1n) is 4.00. The fourth-order valence-corrected chi connectivity index (χ4v) is 1.40. The van der Waals surface area contributed by atoms with Gasteiger partial charge in [-0.25, -0.2) is 4.57 Å². The summed E-state index contributed by atoms with van der Waals surface area (Å²) in [6.45, 7) is 0. The van der Waals surface area contributed by atoms with E-state index in [1.165, 1.54) is 14.2 Å². The molecule has 0 saturated carbocycles. The summed E-state index contributed by atoms with van der Waals surface area (Å²) < 4.78 is 20.6. The van der Waals surface area contributed by atoms with Crippen molar-refractivity contribution in [2.24, 2.45) is 10.00 Å². The predicted molar refractivity (Wildman–Crippen MR) is 57.6 cm³/mol. The molecule has 0 bridgehead atoms. The Bertz CT molecular complexity index is 385. The number of rotatable bonds is 4. The molecule has 0 aromatic heterocycles. The number of benzene rings is 1. The summed E-state index contributed by atoms with van der Waals surface area (Å²) in [4.78, 5) is 3.49. The maximum absolute atomic E-state index is 11.5. The van der Waals surface area contributed by atoms with Crippen LogP contribution in [0.5, 0.6) is 0 Å². The Morgan fingerprint density at radius 1 is 1.20 bits per heavy atom. The molecule has 7 heteroatoms. The van der Waals surface area contributed by atoms with Crippen molar-refractivity contribution >= 4 is 25.0 Å². The van der Waals surface area contributed by atoms with Crippen molar-refractivity contribution in [1.29, 1.82) is 0 Å². The second kappa shape index (κ2) is 5.37. The number of hydrogen-bond acceptors (Lipinski definition) is 4. The molecule has 1 aromatic carbocycles. The molecule has 0 amide bonds. The Hall–Kier alpha value is -0.740. The van der Waals surface area contributed by atoms with Gasteiger partial charge in [0.05, 0.1) is 5.69 Å². The Balaban J connectivity index is 2.81. The maximum atomic E-state index is 11.5. The first kappa shape index (κ1) is 12.3. The van der Waals surface area contributed by atoms with Gasteiger partial charge >= 0.3 is 7.75 Å². The average Bonchev–Trinajstić information content (AvgIpc) is 2.28. The van der Waals surface area contributed by atoms with Crippen LogP contribution in [0.1, 0.15) is 0 Å². The van der Waals surface area contributed by atoms with Crippen LogP contribution in [-0.2, 0) is 13.6 Å². The van der Waals surface area contributed by atoms with Crippen molar-refractivity contribution in [3.63, 3.8) is 0 Å². The molecule has 0 saturated heterocycles. The third-order valence-corrected chi connectivity index (χ3v) is 3.04. The van der Waals surface area contributed by atoms with Gasteiger partial charge in [0.25, 0.3) is 0 Å². The zero-order valence-electron chi connectivity index (χ0n) is 8.25. The third-order valence-electron chi connectivity index (χ3n) is 1.56. The number of halogens is 1. The highest BCUT2D eigenvalue weighted by Crippen LogP contribution is 2.48. The zero-order valence-corrected chi connectivity index (χ0v) is 9.90. The van der Waals surface area contributed by atoms with Gasteiger partial charge in [-0.05, 0) is 24.3 Å². The molecule has 0 unspecified atom stereocenters. The largest absolute Gasteiger partial charge is 0.471 e. The Morgan fingerprint density at radius 2 is 1.73 bits per heavy atom. The SMILES string of the molecule is COP(=O)(N=Nc1ccc(Cl)cc1)OC. The topological polar surface area (TPSA) is 60.2 Å². The molecule has 0 aliphatic carbocycles. The Kier molecular flexibility index (Phi) is 4.42. The molecular formula is C8H10ClN2O3P. The van der Waals surface area contributed by atoms with Crippen LogP contribution >= 0.6 is 19.3 Å². The molecule has 0 aliphatic heterocycles. The molecule has 15 heavy (non-hydrogen) atoms. The van der Waals surface area contributed by atoms with E-state index >= 15 is 0 Å². The third kappa shape index (κ3) is 3.72. The van der Waals surface area contributed by atoms with E-state index < -0.39 is 7.75 Å². The molecule has 0 heterocycles. The van der Waals surface area contributed by atoms with E-state index in [1.807, 2.05) is 0 Å². The molecule has 0 fully saturated rings. The summed E-state index contributed by atoms with van der Waals surface area (Å²) in [5.41, 5.74) is 0.522. The van der Waals surface area contributed by atoms with Gasteiger partial charge in [0, 0.05) is 19.2 Å². The zero-order chi connectivity index (χ0) is 11.3. The summed E-state index contributed by atoms with van der Waals surface area (Å²) in [5, 5.41) is 4.31. The highest BCUT2D eigenvalue weighted by atomic mass is 35.5. The fraction of sp³-hybridized carbons (Fsp3) is 0.250. The standard InChI is InChI=1S/C8H10ClN2O3P/c1-13-15(12,14-2)11-10-8-5-3-7(9)4-6-8/h3-6H,1-2H3. The Morgan fingerprint density at radius 3 is 2.20 bits per heavy atom. The van der Waals surface area contributed by atoms with Crippen molar-refractivity contribution in [2.45, 2.75) is 0 Å². The van der Waals surface area contributed by atoms with Gasteiger partial charge in [-0.15, -0.1) is 5.11 Å². The van der Waals surface area contributed by atoms with Gasteiger partial charge in [-0.1, -0.05) is 16.5 Å². The van der Waals surface area contributed by atoms with Crippen LogP contribution in [0.2, 0.25) is 5.02 Å². The van der Waals surface area contributed by atoms with E-state index in [2.05, 4.69) is 19.0 Å². The van der Waals surface area contributed by atoms with E-state index in [1.54, 1.807) is 24.3 Å². The maximum Gasteiger partial charge on any atom is 0.471 e. The molecule has 0 aliphatic rings. The van der Waals surface area contributed by atoms with Crippen LogP contribution in [0, 0.1) is 0 Å². The molecule has 5 nitrogen and oxygen atoms in total. The molecule has 1 aromatic rings. The van der Waals surface area contributed by atoms with Crippen molar-refractivity contribution in [2.75, 3.05) is 14.2 Å². The molecule has 1 rings (SSSR count). The van der Waals surface area contributed by atoms with E-state index in [0.29, 0.717) is 10.7 Å². The lowest BCUT2D eigenvalue weighted by Crippen LogP contribution is -1.82. The molecular weight excluding hydrogens is 239 g/mol. The molecule has 0 spiro atoms. The average molecular weight is 249 g/mol. The number of hydrogen-bond donors (Lipinski definition) is 0. The minimum absolute atomic E-state index is 0.522. The summed E-state index contributed by atoms with van der Waals surface area (Å²) in [7, 11) is -0.951. The molecule has 82 valence electrons. The van der Waals surface area contributed by atoms with Crippen molar-refractivity contribution in [1.82, 2.24) is 0 Å². The summed E-state index contributed by atoms with van der Waals surface area (Å²) in [6, 6.07) is 6.59. The van der Waals surface area contributed by atoms with Crippen LogP contribution in [0.3, 0.4) is 0 Å². The fourth-order valence-electron chi connectivity index (χ4n) is 0.762. The van der Waals surface area contributed by atoms with E-state index in [-0.39, 0.29) is 0 Å². The molecule has 0 radical (unpaired) electrons. The molecule has 0 atom stereocenters. The molecule has 0 N–H and O–H groups in total. The minimum Gasteiger partial charge on any atom is -0.293 e.